The lowest BCUT2D eigenvalue weighted by atomic mass is 9.96. The van der Waals surface area contributed by atoms with Crippen molar-refractivity contribution in [3.63, 3.8) is 0 Å². The van der Waals surface area contributed by atoms with Gasteiger partial charge in [-0.2, -0.15) is 0 Å². The minimum absolute atomic E-state index is 0.311. The second kappa shape index (κ2) is 8.18. The summed E-state index contributed by atoms with van der Waals surface area (Å²) >= 11 is 0. The second-order valence-corrected chi connectivity index (χ2v) is 6.67. The molecule has 2 fully saturated rings. The molecule has 3 rings (SSSR count). The van der Waals surface area contributed by atoms with E-state index in [1.54, 1.807) is 6.20 Å². The van der Waals surface area contributed by atoms with Crippen LogP contribution in [0.5, 0.6) is 5.88 Å². The zero-order valence-corrected chi connectivity index (χ0v) is 13.8. The van der Waals surface area contributed by atoms with Gasteiger partial charge in [-0.25, -0.2) is 9.98 Å². The van der Waals surface area contributed by atoms with Gasteiger partial charge in [0.05, 0.1) is 6.54 Å². The highest BCUT2D eigenvalue weighted by Crippen LogP contribution is 2.25. The van der Waals surface area contributed by atoms with Crippen molar-refractivity contribution in [2.75, 3.05) is 0 Å². The fourth-order valence-electron chi connectivity index (χ4n) is 3.49. The molecule has 3 N–H and O–H groups in total. The van der Waals surface area contributed by atoms with E-state index in [2.05, 4.69) is 15.3 Å². The first-order chi connectivity index (χ1) is 11.3. The third-order valence-electron chi connectivity index (χ3n) is 4.81. The van der Waals surface area contributed by atoms with Gasteiger partial charge in [-0.1, -0.05) is 25.3 Å². The van der Waals surface area contributed by atoms with Crippen LogP contribution in [0.15, 0.2) is 23.3 Å². The minimum Gasteiger partial charge on any atom is -0.474 e. The summed E-state index contributed by atoms with van der Waals surface area (Å²) < 4.78 is 6.05. The molecule has 0 radical (unpaired) electrons. The second-order valence-electron chi connectivity index (χ2n) is 6.67. The molecule has 0 aromatic carbocycles. The quantitative estimate of drug-likeness (QED) is 0.646. The van der Waals surface area contributed by atoms with Gasteiger partial charge >= 0.3 is 0 Å². The standard InChI is InChI=1S/C18H28N4O/c19-18(22-15-8-2-1-3-9-15)21-13-14-7-6-12-20-17(14)23-16-10-4-5-11-16/h6-7,12,15-16H,1-5,8-11,13H2,(H3,19,21,22). The summed E-state index contributed by atoms with van der Waals surface area (Å²) in [5, 5.41) is 3.35. The number of rotatable bonds is 5. The number of ether oxygens (including phenoxy) is 1. The Labute approximate surface area is 138 Å². The maximum Gasteiger partial charge on any atom is 0.218 e. The van der Waals surface area contributed by atoms with E-state index in [1.165, 1.54) is 44.9 Å². The average Bonchev–Trinajstić information content (AvgIpc) is 3.08. The Hall–Kier alpha value is -1.78. The van der Waals surface area contributed by atoms with Gasteiger partial charge in [0.2, 0.25) is 5.88 Å². The van der Waals surface area contributed by atoms with Crippen molar-refractivity contribution in [1.82, 2.24) is 10.3 Å². The summed E-state index contributed by atoms with van der Waals surface area (Å²) in [6, 6.07) is 4.43. The monoisotopic (exact) mass is 316 g/mol. The molecule has 0 bridgehead atoms. The number of hydrogen-bond acceptors (Lipinski definition) is 3. The van der Waals surface area contributed by atoms with Gasteiger partial charge < -0.3 is 15.8 Å². The van der Waals surface area contributed by atoms with Crippen LogP contribution in [0, 0.1) is 0 Å². The third kappa shape index (κ3) is 4.85. The Kier molecular flexibility index (Phi) is 5.72. The first-order valence-electron chi connectivity index (χ1n) is 8.98. The van der Waals surface area contributed by atoms with E-state index in [9.17, 15) is 0 Å². The van der Waals surface area contributed by atoms with Gasteiger partial charge in [0.25, 0.3) is 0 Å². The third-order valence-corrected chi connectivity index (χ3v) is 4.81. The molecule has 23 heavy (non-hydrogen) atoms. The number of aliphatic imine (C=N–C) groups is 1. The molecular formula is C18H28N4O. The normalized spacial score (nSPS) is 20.6. The molecule has 0 spiro atoms. The van der Waals surface area contributed by atoms with E-state index in [4.69, 9.17) is 10.5 Å². The summed E-state index contributed by atoms with van der Waals surface area (Å²) in [6.07, 6.45) is 13.2. The first kappa shape index (κ1) is 16.1. The zero-order chi connectivity index (χ0) is 15.9. The molecule has 2 aliphatic carbocycles. The molecule has 0 saturated heterocycles. The fourth-order valence-corrected chi connectivity index (χ4v) is 3.49. The van der Waals surface area contributed by atoms with Crippen molar-refractivity contribution < 1.29 is 4.74 Å². The van der Waals surface area contributed by atoms with E-state index < -0.39 is 0 Å². The summed E-state index contributed by atoms with van der Waals surface area (Å²) in [5.74, 6) is 1.25. The Balaban J connectivity index is 1.56. The predicted molar refractivity (Wildman–Crippen MR) is 92.5 cm³/mol. The lowest BCUT2D eigenvalue weighted by Crippen LogP contribution is -2.41. The van der Waals surface area contributed by atoms with Crippen LogP contribution in [-0.2, 0) is 6.54 Å². The van der Waals surface area contributed by atoms with E-state index in [-0.39, 0.29) is 0 Å². The molecule has 1 aromatic heterocycles. The molecule has 1 heterocycles. The van der Waals surface area contributed by atoms with Crippen LogP contribution in [0.4, 0.5) is 0 Å². The van der Waals surface area contributed by atoms with Crippen molar-refractivity contribution in [2.45, 2.75) is 76.5 Å². The molecule has 2 saturated carbocycles. The largest absolute Gasteiger partial charge is 0.474 e. The van der Waals surface area contributed by atoms with Crippen molar-refractivity contribution in [3.05, 3.63) is 23.9 Å². The van der Waals surface area contributed by atoms with Crippen LogP contribution >= 0.6 is 0 Å². The molecule has 0 atom stereocenters. The van der Waals surface area contributed by atoms with Gasteiger partial charge in [-0.3, -0.25) is 0 Å². The van der Waals surface area contributed by atoms with Gasteiger partial charge in [0.1, 0.15) is 6.10 Å². The lowest BCUT2D eigenvalue weighted by molar-refractivity contribution is 0.199. The molecule has 2 aliphatic rings. The van der Waals surface area contributed by atoms with Crippen LogP contribution in [0.1, 0.15) is 63.4 Å². The molecule has 0 amide bonds. The Morgan fingerprint density at radius 1 is 1.17 bits per heavy atom. The van der Waals surface area contributed by atoms with Crippen LogP contribution in [0.3, 0.4) is 0 Å². The number of pyridine rings is 1. The van der Waals surface area contributed by atoms with Crippen LogP contribution < -0.4 is 15.8 Å². The predicted octanol–water partition coefficient (Wildman–Crippen LogP) is 3.14. The average molecular weight is 316 g/mol. The molecule has 126 valence electrons. The Morgan fingerprint density at radius 3 is 2.70 bits per heavy atom. The highest BCUT2D eigenvalue weighted by molar-refractivity contribution is 5.78. The van der Waals surface area contributed by atoms with Gasteiger partial charge in [0.15, 0.2) is 5.96 Å². The SMILES string of the molecule is NC(=NCc1cccnc1OC1CCCC1)NC1CCCCC1. The van der Waals surface area contributed by atoms with Crippen molar-refractivity contribution >= 4 is 5.96 Å². The number of nitrogens with one attached hydrogen (secondary N) is 1. The number of aromatic nitrogens is 1. The van der Waals surface area contributed by atoms with E-state index in [0.717, 1.165) is 18.4 Å². The Morgan fingerprint density at radius 2 is 1.91 bits per heavy atom. The van der Waals surface area contributed by atoms with E-state index >= 15 is 0 Å². The maximum atomic E-state index is 6.05. The zero-order valence-electron chi connectivity index (χ0n) is 13.8. The molecule has 5 heteroatoms. The van der Waals surface area contributed by atoms with Crippen LogP contribution in [0.2, 0.25) is 0 Å². The van der Waals surface area contributed by atoms with E-state index in [1.807, 2.05) is 12.1 Å². The number of nitrogens with zero attached hydrogens (tertiary/aromatic N) is 2. The van der Waals surface area contributed by atoms with E-state index in [0.29, 0.717) is 30.5 Å². The maximum absolute atomic E-state index is 6.05. The van der Waals surface area contributed by atoms with Gasteiger partial charge in [0, 0.05) is 17.8 Å². The van der Waals surface area contributed by atoms with Gasteiger partial charge in [-0.15, -0.1) is 0 Å². The van der Waals surface area contributed by atoms with Crippen molar-refractivity contribution in [3.8, 4) is 5.88 Å². The highest BCUT2D eigenvalue weighted by Gasteiger charge is 2.18. The number of hydrogen-bond donors (Lipinski definition) is 2. The minimum atomic E-state index is 0.311. The molecular weight excluding hydrogens is 288 g/mol. The van der Waals surface area contributed by atoms with Crippen LogP contribution in [0.25, 0.3) is 0 Å². The van der Waals surface area contributed by atoms with Crippen molar-refractivity contribution in [1.29, 1.82) is 0 Å². The first-order valence-corrected chi connectivity index (χ1v) is 8.98. The number of guanidine groups is 1. The number of nitrogens with two attached hydrogens (primary N) is 1. The van der Waals surface area contributed by atoms with Gasteiger partial charge in [-0.05, 0) is 44.6 Å². The smallest absolute Gasteiger partial charge is 0.218 e. The molecule has 0 unspecified atom stereocenters. The Bertz CT molecular complexity index is 520. The summed E-state index contributed by atoms with van der Waals surface area (Å²) in [4.78, 5) is 8.87. The summed E-state index contributed by atoms with van der Waals surface area (Å²) in [6.45, 7) is 0.515. The van der Waals surface area contributed by atoms with Crippen LogP contribution in [-0.4, -0.2) is 23.1 Å². The summed E-state index contributed by atoms with van der Waals surface area (Å²) in [5.41, 5.74) is 7.05. The lowest BCUT2D eigenvalue weighted by Gasteiger charge is -2.23. The molecule has 0 aliphatic heterocycles. The molecule has 1 aromatic rings. The summed E-state index contributed by atoms with van der Waals surface area (Å²) in [7, 11) is 0. The fraction of sp³-hybridized carbons (Fsp3) is 0.667. The molecule has 5 nitrogen and oxygen atoms in total. The van der Waals surface area contributed by atoms with Crippen molar-refractivity contribution in [2.24, 2.45) is 10.7 Å². The topological polar surface area (TPSA) is 72.5 Å². The highest BCUT2D eigenvalue weighted by atomic mass is 16.5.